The van der Waals surface area contributed by atoms with E-state index < -0.39 is 15.8 Å². The molecule has 2 rings (SSSR count). The topological polar surface area (TPSA) is 84.1 Å². The molecular weight excluding hydrogens is 273 g/mol. The Morgan fingerprint density at radius 2 is 2.26 bits per heavy atom. The van der Waals surface area contributed by atoms with Crippen molar-refractivity contribution in [2.24, 2.45) is 0 Å². The predicted octanol–water partition coefficient (Wildman–Crippen LogP) is 1.04. The van der Waals surface area contributed by atoms with Gasteiger partial charge >= 0.3 is 0 Å². The van der Waals surface area contributed by atoms with E-state index in [-0.39, 0.29) is 17.2 Å². The van der Waals surface area contributed by atoms with Crippen LogP contribution < -0.4 is 9.46 Å². The van der Waals surface area contributed by atoms with Gasteiger partial charge in [-0.3, -0.25) is 0 Å². The zero-order chi connectivity index (χ0) is 13.9. The summed E-state index contributed by atoms with van der Waals surface area (Å²) in [6.45, 7) is 0.00296. The monoisotopic (exact) mass is 285 g/mol. The van der Waals surface area contributed by atoms with Crippen molar-refractivity contribution in [1.82, 2.24) is 14.7 Å². The van der Waals surface area contributed by atoms with E-state index in [0.29, 0.717) is 5.82 Å². The summed E-state index contributed by atoms with van der Waals surface area (Å²) in [4.78, 5) is 6.47. The third kappa shape index (κ3) is 3.09. The Hall–Kier alpha value is -1.93. The van der Waals surface area contributed by atoms with Gasteiger partial charge in [0.1, 0.15) is 5.82 Å². The van der Waals surface area contributed by atoms with Crippen molar-refractivity contribution in [2.45, 2.75) is 11.4 Å². The van der Waals surface area contributed by atoms with Gasteiger partial charge in [-0.25, -0.2) is 22.5 Å². The fourth-order valence-corrected chi connectivity index (χ4v) is 2.45. The molecule has 2 N–H and O–H groups in total. The molecule has 1 heterocycles. The van der Waals surface area contributed by atoms with E-state index in [0.717, 1.165) is 6.07 Å². The highest BCUT2D eigenvalue weighted by Crippen LogP contribution is 2.20. The lowest BCUT2D eigenvalue weighted by Gasteiger charge is -2.07. The van der Waals surface area contributed by atoms with E-state index in [1.54, 1.807) is 6.20 Å². The first kappa shape index (κ1) is 13.5. The molecule has 0 fully saturated rings. The minimum Gasteiger partial charge on any atom is -0.494 e. The van der Waals surface area contributed by atoms with Crippen LogP contribution >= 0.6 is 0 Å². The van der Waals surface area contributed by atoms with Gasteiger partial charge in [0.2, 0.25) is 10.0 Å². The van der Waals surface area contributed by atoms with E-state index in [9.17, 15) is 12.8 Å². The molecule has 0 saturated carbocycles. The second-order valence-corrected chi connectivity index (χ2v) is 5.42. The quantitative estimate of drug-likeness (QED) is 0.859. The Morgan fingerprint density at radius 1 is 1.47 bits per heavy atom. The Morgan fingerprint density at radius 3 is 2.84 bits per heavy atom. The molecule has 1 aromatic heterocycles. The zero-order valence-corrected chi connectivity index (χ0v) is 10.9. The van der Waals surface area contributed by atoms with Gasteiger partial charge < -0.3 is 9.72 Å². The van der Waals surface area contributed by atoms with Crippen LogP contribution in [-0.2, 0) is 16.6 Å². The molecule has 0 aliphatic carbocycles. The van der Waals surface area contributed by atoms with Crippen molar-refractivity contribution in [3.63, 3.8) is 0 Å². The fraction of sp³-hybridized carbons (Fsp3) is 0.182. The minimum absolute atomic E-state index is 0.00296. The van der Waals surface area contributed by atoms with Gasteiger partial charge in [-0.1, -0.05) is 0 Å². The summed E-state index contributed by atoms with van der Waals surface area (Å²) in [5, 5.41) is 0. The number of methoxy groups -OCH3 is 1. The third-order valence-electron chi connectivity index (χ3n) is 2.42. The van der Waals surface area contributed by atoms with Crippen LogP contribution in [0, 0.1) is 5.82 Å². The molecule has 0 saturated heterocycles. The van der Waals surface area contributed by atoms with Crippen LogP contribution in [-0.4, -0.2) is 25.5 Å². The maximum atomic E-state index is 13.5. The molecule has 0 unspecified atom stereocenters. The van der Waals surface area contributed by atoms with Crippen LogP contribution in [0.15, 0.2) is 35.5 Å². The standard InChI is InChI=1S/C11H12FN3O3S/c1-18-10-3-2-8(6-9(10)12)19(16,17)15-7-11-13-4-5-14-11/h2-6,15H,7H2,1H3,(H,13,14). The third-order valence-corrected chi connectivity index (χ3v) is 3.82. The predicted molar refractivity (Wildman–Crippen MR) is 65.6 cm³/mol. The lowest BCUT2D eigenvalue weighted by Crippen LogP contribution is -2.23. The number of halogens is 1. The van der Waals surface area contributed by atoms with E-state index in [4.69, 9.17) is 4.74 Å². The van der Waals surface area contributed by atoms with E-state index in [2.05, 4.69) is 14.7 Å². The smallest absolute Gasteiger partial charge is 0.241 e. The summed E-state index contributed by atoms with van der Waals surface area (Å²) in [5.41, 5.74) is 0. The van der Waals surface area contributed by atoms with Crippen LogP contribution in [0.3, 0.4) is 0 Å². The highest BCUT2D eigenvalue weighted by molar-refractivity contribution is 7.89. The number of H-pyrrole nitrogens is 1. The van der Waals surface area contributed by atoms with Gasteiger partial charge in [0, 0.05) is 12.4 Å². The van der Waals surface area contributed by atoms with E-state index in [1.165, 1.54) is 25.4 Å². The number of rotatable bonds is 5. The zero-order valence-electron chi connectivity index (χ0n) is 10.1. The molecule has 0 aliphatic heterocycles. The molecule has 0 aliphatic rings. The van der Waals surface area contributed by atoms with Gasteiger partial charge in [-0.15, -0.1) is 0 Å². The van der Waals surface area contributed by atoms with Crippen LogP contribution in [0.5, 0.6) is 5.75 Å². The van der Waals surface area contributed by atoms with E-state index in [1.807, 2.05) is 0 Å². The first-order valence-electron chi connectivity index (χ1n) is 5.34. The molecule has 0 bridgehead atoms. The Bertz CT molecular complexity index is 656. The average molecular weight is 285 g/mol. The molecule has 8 heteroatoms. The molecule has 0 radical (unpaired) electrons. The highest BCUT2D eigenvalue weighted by Gasteiger charge is 2.16. The number of aromatic nitrogens is 2. The Labute approximate surface area is 109 Å². The summed E-state index contributed by atoms with van der Waals surface area (Å²) in [6.07, 6.45) is 3.09. The SMILES string of the molecule is COc1ccc(S(=O)(=O)NCc2ncc[nH]2)cc1F. The highest BCUT2D eigenvalue weighted by atomic mass is 32.2. The number of imidazole rings is 1. The maximum absolute atomic E-state index is 13.5. The Kier molecular flexibility index (Phi) is 3.82. The molecule has 0 amide bonds. The van der Waals surface area contributed by atoms with Crippen molar-refractivity contribution in [1.29, 1.82) is 0 Å². The normalized spacial score (nSPS) is 11.5. The summed E-state index contributed by atoms with van der Waals surface area (Å²) >= 11 is 0. The number of sulfonamides is 1. The average Bonchev–Trinajstić information content (AvgIpc) is 2.89. The lowest BCUT2D eigenvalue weighted by molar-refractivity contribution is 0.385. The number of nitrogens with one attached hydrogen (secondary N) is 2. The molecule has 0 atom stereocenters. The largest absolute Gasteiger partial charge is 0.494 e. The number of ether oxygens (including phenoxy) is 1. The first-order valence-corrected chi connectivity index (χ1v) is 6.83. The molecular formula is C11H12FN3O3S. The van der Waals surface area contributed by atoms with E-state index >= 15 is 0 Å². The van der Waals surface area contributed by atoms with Crippen LogP contribution in [0.2, 0.25) is 0 Å². The summed E-state index contributed by atoms with van der Waals surface area (Å²) < 4.78 is 44.3. The molecule has 0 spiro atoms. The number of aromatic amines is 1. The maximum Gasteiger partial charge on any atom is 0.241 e. The van der Waals surface area contributed by atoms with Crippen molar-refractivity contribution >= 4 is 10.0 Å². The molecule has 102 valence electrons. The number of nitrogens with zero attached hydrogens (tertiary/aromatic N) is 1. The van der Waals surface area contributed by atoms with Crippen molar-refractivity contribution < 1.29 is 17.5 Å². The minimum atomic E-state index is -3.79. The van der Waals surface area contributed by atoms with Gasteiger partial charge in [0.05, 0.1) is 18.6 Å². The summed E-state index contributed by atoms with van der Waals surface area (Å²) in [5.74, 6) is -0.272. The van der Waals surface area contributed by atoms with Crippen molar-refractivity contribution in [3.8, 4) is 5.75 Å². The lowest BCUT2D eigenvalue weighted by atomic mass is 10.3. The van der Waals surface area contributed by atoms with Crippen molar-refractivity contribution in [2.75, 3.05) is 7.11 Å². The molecule has 1 aromatic carbocycles. The van der Waals surface area contributed by atoms with Crippen LogP contribution in [0.4, 0.5) is 4.39 Å². The van der Waals surface area contributed by atoms with Gasteiger partial charge in [0.15, 0.2) is 11.6 Å². The second-order valence-electron chi connectivity index (χ2n) is 3.66. The van der Waals surface area contributed by atoms with Crippen LogP contribution in [0.1, 0.15) is 5.82 Å². The first-order chi connectivity index (χ1) is 9.03. The van der Waals surface area contributed by atoms with Gasteiger partial charge in [0.25, 0.3) is 0 Å². The Balaban J connectivity index is 2.17. The molecule has 2 aromatic rings. The number of hydrogen-bond donors (Lipinski definition) is 2. The van der Waals surface area contributed by atoms with Gasteiger partial charge in [-0.2, -0.15) is 0 Å². The fourth-order valence-electron chi connectivity index (χ4n) is 1.46. The van der Waals surface area contributed by atoms with Gasteiger partial charge in [-0.05, 0) is 18.2 Å². The molecule has 6 nitrogen and oxygen atoms in total. The number of hydrogen-bond acceptors (Lipinski definition) is 4. The second kappa shape index (κ2) is 5.37. The molecule has 19 heavy (non-hydrogen) atoms. The summed E-state index contributed by atoms with van der Waals surface area (Å²) in [6, 6.07) is 3.44. The van der Waals surface area contributed by atoms with Crippen molar-refractivity contribution in [3.05, 3.63) is 42.2 Å². The number of benzene rings is 1. The van der Waals surface area contributed by atoms with Crippen LogP contribution in [0.25, 0.3) is 0 Å². The summed E-state index contributed by atoms with van der Waals surface area (Å²) in [7, 11) is -2.48.